The lowest BCUT2D eigenvalue weighted by Gasteiger charge is -2.13. The van der Waals surface area contributed by atoms with Crippen LogP contribution in [0.2, 0.25) is 25.7 Å². The van der Waals surface area contributed by atoms with E-state index in [1.807, 2.05) is 0 Å². The Morgan fingerprint density at radius 1 is 1.27 bits per heavy atom. The molecular formula is C8H23NOSi. The fourth-order valence-corrected chi connectivity index (χ4v) is 1.90. The van der Waals surface area contributed by atoms with Gasteiger partial charge in [0, 0.05) is 14.7 Å². The average Bonchev–Trinajstić information content (AvgIpc) is 1.84. The van der Waals surface area contributed by atoms with E-state index in [1.54, 1.807) is 6.92 Å². The van der Waals surface area contributed by atoms with Gasteiger partial charge in [0.2, 0.25) is 0 Å². The van der Waals surface area contributed by atoms with Crippen LogP contribution in [0.1, 0.15) is 13.3 Å². The third-order valence-corrected chi connectivity index (χ3v) is 2.98. The molecule has 70 valence electrons. The molecule has 0 aromatic rings. The molecule has 0 aliphatic carbocycles. The molecular weight excluding hydrogens is 154 g/mol. The van der Waals surface area contributed by atoms with Crippen molar-refractivity contribution in [3.05, 3.63) is 0 Å². The van der Waals surface area contributed by atoms with Crippen molar-refractivity contribution in [2.24, 2.45) is 5.73 Å². The van der Waals surface area contributed by atoms with E-state index < -0.39 is 8.07 Å². The van der Waals surface area contributed by atoms with E-state index in [4.69, 9.17) is 10.8 Å². The van der Waals surface area contributed by atoms with Crippen LogP contribution in [0.5, 0.6) is 0 Å². The standard InChI is InChI=1S/C6H17NSi.C2H6O/c1-8(2,3)6-4-5-7;1-2-3/h4-7H2,1-3H3;3H,2H2,1H3. The van der Waals surface area contributed by atoms with Crippen molar-refractivity contribution in [2.75, 3.05) is 13.2 Å². The minimum atomic E-state index is -0.758. The quantitative estimate of drug-likeness (QED) is 0.644. The molecule has 0 rings (SSSR count). The first kappa shape index (κ1) is 13.7. The third kappa shape index (κ3) is 25.4. The largest absolute Gasteiger partial charge is 0.397 e. The molecule has 0 atom stereocenters. The van der Waals surface area contributed by atoms with Gasteiger partial charge < -0.3 is 10.8 Å². The molecule has 0 spiro atoms. The van der Waals surface area contributed by atoms with E-state index in [9.17, 15) is 0 Å². The number of hydrogen-bond donors (Lipinski definition) is 2. The summed E-state index contributed by atoms with van der Waals surface area (Å²) in [6.45, 7) is 9.93. The van der Waals surface area contributed by atoms with Gasteiger partial charge in [0.15, 0.2) is 0 Å². The highest BCUT2D eigenvalue weighted by atomic mass is 28.3. The molecule has 0 heterocycles. The first-order valence-corrected chi connectivity index (χ1v) is 7.99. The number of aliphatic hydroxyl groups is 1. The molecule has 3 N–H and O–H groups in total. The second-order valence-corrected chi connectivity index (χ2v) is 9.39. The molecule has 0 radical (unpaired) electrons. The summed E-state index contributed by atoms with van der Waals surface area (Å²) in [5, 5.41) is 7.57. The summed E-state index contributed by atoms with van der Waals surface area (Å²) in [6, 6.07) is 1.38. The van der Waals surface area contributed by atoms with E-state index in [2.05, 4.69) is 19.6 Å². The number of aliphatic hydroxyl groups excluding tert-OH is 1. The molecule has 11 heavy (non-hydrogen) atoms. The molecule has 0 saturated heterocycles. The van der Waals surface area contributed by atoms with Crippen molar-refractivity contribution in [1.82, 2.24) is 0 Å². The van der Waals surface area contributed by atoms with Crippen LogP contribution in [0, 0.1) is 0 Å². The summed E-state index contributed by atoms with van der Waals surface area (Å²) < 4.78 is 0. The van der Waals surface area contributed by atoms with Gasteiger partial charge in [0.1, 0.15) is 0 Å². The normalized spacial score (nSPS) is 10.4. The van der Waals surface area contributed by atoms with E-state index in [-0.39, 0.29) is 6.61 Å². The van der Waals surface area contributed by atoms with Crippen LogP contribution in [0.15, 0.2) is 0 Å². The lowest BCUT2D eigenvalue weighted by atomic mass is 10.5. The van der Waals surface area contributed by atoms with Crippen molar-refractivity contribution < 1.29 is 5.11 Å². The zero-order chi connectivity index (χ0) is 9.33. The zero-order valence-electron chi connectivity index (χ0n) is 8.35. The van der Waals surface area contributed by atoms with Crippen molar-refractivity contribution in [2.45, 2.75) is 39.0 Å². The van der Waals surface area contributed by atoms with Crippen molar-refractivity contribution in [1.29, 1.82) is 0 Å². The monoisotopic (exact) mass is 177 g/mol. The van der Waals surface area contributed by atoms with Crippen molar-refractivity contribution >= 4 is 8.07 Å². The van der Waals surface area contributed by atoms with Crippen molar-refractivity contribution in [3.63, 3.8) is 0 Å². The Kier molecular flexibility index (Phi) is 10.3. The highest BCUT2D eigenvalue weighted by molar-refractivity contribution is 6.76. The van der Waals surface area contributed by atoms with Gasteiger partial charge in [0.05, 0.1) is 0 Å². The Labute approximate surface area is 71.8 Å². The van der Waals surface area contributed by atoms with Gasteiger partial charge >= 0.3 is 0 Å². The lowest BCUT2D eigenvalue weighted by molar-refractivity contribution is 0.318. The van der Waals surface area contributed by atoms with Gasteiger partial charge in [-0.2, -0.15) is 0 Å². The Morgan fingerprint density at radius 2 is 1.64 bits per heavy atom. The highest BCUT2D eigenvalue weighted by Gasteiger charge is 2.10. The van der Waals surface area contributed by atoms with E-state index in [1.165, 1.54) is 12.5 Å². The fraction of sp³-hybridized carbons (Fsp3) is 1.00. The highest BCUT2D eigenvalue weighted by Crippen LogP contribution is 2.09. The second-order valence-electron chi connectivity index (χ2n) is 3.77. The average molecular weight is 177 g/mol. The Bertz CT molecular complexity index is 71.0. The molecule has 0 aliphatic heterocycles. The predicted molar refractivity (Wildman–Crippen MR) is 54.6 cm³/mol. The molecule has 0 saturated carbocycles. The van der Waals surface area contributed by atoms with Gasteiger partial charge in [-0.05, 0) is 19.9 Å². The molecule has 0 amide bonds. The molecule has 0 unspecified atom stereocenters. The summed E-state index contributed by atoms with van der Waals surface area (Å²) in [4.78, 5) is 0. The maximum atomic E-state index is 7.57. The first-order valence-electron chi connectivity index (χ1n) is 4.29. The SMILES string of the molecule is CCO.C[Si](C)(C)CCCN. The topological polar surface area (TPSA) is 46.2 Å². The summed E-state index contributed by atoms with van der Waals surface area (Å²) >= 11 is 0. The fourth-order valence-electron chi connectivity index (χ4n) is 0.632. The van der Waals surface area contributed by atoms with Crippen LogP contribution in [0.4, 0.5) is 0 Å². The van der Waals surface area contributed by atoms with Gasteiger partial charge in [-0.3, -0.25) is 0 Å². The van der Waals surface area contributed by atoms with Crippen LogP contribution in [-0.2, 0) is 0 Å². The summed E-state index contributed by atoms with van der Waals surface area (Å²) in [7, 11) is -0.758. The molecule has 0 aromatic carbocycles. The molecule has 0 aromatic heterocycles. The third-order valence-electron chi connectivity index (χ3n) is 1.13. The van der Waals surface area contributed by atoms with Crippen molar-refractivity contribution in [3.8, 4) is 0 Å². The van der Waals surface area contributed by atoms with Gasteiger partial charge in [-0.1, -0.05) is 25.7 Å². The van der Waals surface area contributed by atoms with E-state index in [0.29, 0.717) is 0 Å². The molecule has 0 bridgehead atoms. The molecule has 0 fully saturated rings. The van der Waals surface area contributed by atoms with E-state index in [0.717, 1.165) is 6.54 Å². The Hall–Kier alpha value is 0.137. The Balaban J connectivity index is 0. The van der Waals surface area contributed by atoms with Crippen LogP contribution in [-0.4, -0.2) is 26.3 Å². The maximum absolute atomic E-state index is 7.57. The van der Waals surface area contributed by atoms with Gasteiger partial charge in [0.25, 0.3) is 0 Å². The molecule has 0 aliphatic rings. The van der Waals surface area contributed by atoms with Gasteiger partial charge in [-0.15, -0.1) is 0 Å². The first-order chi connectivity index (χ1) is 4.97. The van der Waals surface area contributed by atoms with Gasteiger partial charge in [-0.25, -0.2) is 0 Å². The zero-order valence-corrected chi connectivity index (χ0v) is 9.35. The summed E-state index contributed by atoms with van der Waals surface area (Å²) in [6.07, 6.45) is 1.22. The van der Waals surface area contributed by atoms with Crippen LogP contribution < -0.4 is 5.73 Å². The molecule has 3 heteroatoms. The maximum Gasteiger partial charge on any atom is 0.0443 e. The number of hydrogen-bond acceptors (Lipinski definition) is 2. The minimum Gasteiger partial charge on any atom is -0.397 e. The smallest absolute Gasteiger partial charge is 0.0443 e. The second kappa shape index (κ2) is 8.24. The lowest BCUT2D eigenvalue weighted by Crippen LogP contribution is -2.20. The summed E-state index contributed by atoms with van der Waals surface area (Å²) in [5.74, 6) is 0. The summed E-state index contributed by atoms with van der Waals surface area (Å²) in [5.41, 5.74) is 5.36. The van der Waals surface area contributed by atoms with Crippen LogP contribution in [0.3, 0.4) is 0 Å². The minimum absolute atomic E-state index is 0.250. The number of nitrogens with two attached hydrogens (primary N) is 1. The predicted octanol–water partition coefficient (Wildman–Crippen LogP) is 1.67. The van der Waals surface area contributed by atoms with Crippen LogP contribution >= 0.6 is 0 Å². The molecule has 2 nitrogen and oxygen atoms in total. The van der Waals surface area contributed by atoms with E-state index >= 15 is 0 Å². The number of rotatable bonds is 3. The van der Waals surface area contributed by atoms with Crippen LogP contribution in [0.25, 0.3) is 0 Å². The Morgan fingerprint density at radius 3 is 1.73 bits per heavy atom.